The maximum Gasteiger partial charge on any atom is 0.416 e. The lowest BCUT2D eigenvalue weighted by Crippen LogP contribution is -2.54. The van der Waals surface area contributed by atoms with Gasteiger partial charge in [0.1, 0.15) is 6.54 Å². The standard InChI is InChI=1S/C19H24F3N3O2/c1-11-6-12(2)9-24(8-11)13(3)18(27)25-10-17(26)23-15-7-14(19(20,21)22)4-5-16(15)25/h4-5,7,11-13H,6,8-10H2,1-3H3,(H,23,26). The number of hydrogen-bond donors (Lipinski definition) is 1. The second-order valence-corrected chi connectivity index (χ2v) is 7.78. The molecule has 3 unspecified atom stereocenters. The Balaban J connectivity index is 1.86. The largest absolute Gasteiger partial charge is 0.416 e. The van der Waals surface area contributed by atoms with Gasteiger partial charge in [0.2, 0.25) is 11.8 Å². The lowest BCUT2D eigenvalue weighted by Gasteiger charge is -2.40. The van der Waals surface area contributed by atoms with Crippen molar-refractivity contribution in [1.82, 2.24) is 4.90 Å². The Morgan fingerprint density at radius 1 is 1.22 bits per heavy atom. The van der Waals surface area contributed by atoms with Gasteiger partial charge in [0.25, 0.3) is 0 Å². The van der Waals surface area contributed by atoms with Crippen LogP contribution in [0.3, 0.4) is 0 Å². The number of halogens is 3. The zero-order chi connectivity index (χ0) is 19.9. The van der Waals surface area contributed by atoms with E-state index in [1.54, 1.807) is 6.92 Å². The number of rotatable bonds is 2. The van der Waals surface area contributed by atoms with Crippen LogP contribution >= 0.6 is 0 Å². The molecule has 1 aromatic carbocycles. The highest BCUT2D eigenvalue weighted by Gasteiger charge is 2.37. The lowest BCUT2D eigenvalue weighted by atomic mass is 9.91. The van der Waals surface area contributed by atoms with Gasteiger partial charge in [-0.05, 0) is 43.4 Å². The van der Waals surface area contributed by atoms with Crippen LogP contribution in [0.5, 0.6) is 0 Å². The minimum atomic E-state index is -4.51. The highest BCUT2D eigenvalue weighted by Crippen LogP contribution is 2.37. The number of hydrogen-bond acceptors (Lipinski definition) is 3. The quantitative estimate of drug-likeness (QED) is 0.852. The maximum atomic E-state index is 13.1. The molecule has 1 fully saturated rings. The van der Waals surface area contributed by atoms with Crippen molar-refractivity contribution >= 4 is 23.2 Å². The minimum Gasteiger partial charge on any atom is -0.323 e. The zero-order valence-electron chi connectivity index (χ0n) is 15.6. The van der Waals surface area contributed by atoms with E-state index in [0.29, 0.717) is 17.5 Å². The first-order chi connectivity index (χ1) is 12.6. The molecule has 2 heterocycles. The van der Waals surface area contributed by atoms with Gasteiger partial charge < -0.3 is 5.32 Å². The van der Waals surface area contributed by atoms with Crippen LogP contribution < -0.4 is 10.2 Å². The van der Waals surface area contributed by atoms with Gasteiger partial charge in [-0.3, -0.25) is 19.4 Å². The predicted octanol–water partition coefficient (Wildman–Crippen LogP) is 3.36. The molecule has 3 rings (SSSR count). The fourth-order valence-electron chi connectivity index (χ4n) is 4.07. The normalized spacial score (nSPS) is 25.0. The third kappa shape index (κ3) is 4.10. The monoisotopic (exact) mass is 383 g/mol. The summed E-state index contributed by atoms with van der Waals surface area (Å²) in [7, 11) is 0. The van der Waals surface area contributed by atoms with Crippen LogP contribution in [0, 0.1) is 11.8 Å². The molecule has 2 aliphatic heterocycles. The van der Waals surface area contributed by atoms with E-state index >= 15 is 0 Å². The number of fused-ring (bicyclic) bond motifs is 1. The van der Waals surface area contributed by atoms with Gasteiger partial charge in [0.05, 0.1) is 23.0 Å². The Morgan fingerprint density at radius 2 is 1.85 bits per heavy atom. The van der Waals surface area contributed by atoms with Crippen molar-refractivity contribution in [3.63, 3.8) is 0 Å². The first-order valence-electron chi connectivity index (χ1n) is 9.12. The van der Waals surface area contributed by atoms with Gasteiger partial charge in [-0.25, -0.2) is 0 Å². The average molecular weight is 383 g/mol. The fraction of sp³-hybridized carbons (Fsp3) is 0.579. The Morgan fingerprint density at radius 3 is 2.44 bits per heavy atom. The summed E-state index contributed by atoms with van der Waals surface area (Å²) in [5.74, 6) is 0.167. The van der Waals surface area contributed by atoms with E-state index < -0.39 is 23.7 Å². The van der Waals surface area contributed by atoms with Crippen molar-refractivity contribution in [3.8, 4) is 0 Å². The Hall–Kier alpha value is -2.09. The maximum absolute atomic E-state index is 13.1. The van der Waals surface area contributed by atoms with Crippen molar-refractivity contribution in [2.45, 2.75) is 39.4 Å². The third-order valence-corrected chi connectivity index (χ3v) is 5.26. The van der Waals surface area contributed by atoms with E-state index in [4.69, 9.17) is 0 Å². The molecule has 0 radical (unpaired) electrons. The molecule has 1 N–H and O–H groups in total. The first-order valence-corrected chi connectivity index (χ1v) is 9.12. The summed E-state index contributed by atoms with van der Waals surface area (Å²) in [6, 6.07) is 2.62. The fourth-order valence-corrected chi connectivity index (χ4v) is 4.07. The number of likely N-dealkylation sites (tertiary alicyclic amines) is 1. The lowest BCUT2D eigenvalue weighted by molar-refractivity contribution is -0.137. The number of anilines is 2. The molecule has 0 spiro atoms. The SMILES string of the molecule is CC1CC(C)CN(C(C)C(=O)N2CC(=O)Nc3cc(C(F)(F)F)ccc32)C1. The molecule has 1 saturated heterocycles. The minimum absolute atomic E-state index is 0.0157. The van der Waals surface area contributed by atoms with Gasteiger partial charge in [-0.1, -0.05) is 13.8 Å². The molecule has 5 nitrogen and oxygen atoms in total. The summed E-state index contributed by atoms with van der Waals surface area (Å²) in [6.45, 7) is 7.46. The number of benzene rings is 1. The molecule has 27 heavy (non-hydrogen) atoms. The molecule has 8 heteroatoms. The van der Waals surface area contributed by atoms with Crippen LogP contribution in [0.15, 0.2) is 18.2 Å². The summed E-state index contributed by atoms with van der Waals surface area (Å²) < 4.78 is 38.9. The molecule has 0 aliphatic carbocycles. The number of amides is 2. The van der Waals surface area contributed by atoms with Crippen LogP contribution in [-0.2, 0) is 15.8 Å². The second kappa shape index (κ2) is 7.14. The van der Waals surface area contributed by atoms with Crippen molar-refractivity contribution in [2.24, 2.45) is 11.8 Å². The highest BCUT2D eigenvalue weighted by molar-refractivity contribution is 6.11. The molecule has 0 aromatic heterocycles. The Bertz CT molecular complexity index is 740. The first kappa shape index (κ1) is 19.7. The van der Waals surface area contributed by atoms with E-state index in [9.17, 15) is 22.8 Å². The molecular formula is C19H24F3N3O2. The number of carbonyl (C=O) groups is 2. The molecule has 2 amide bonds. The topological polar surface area (TPSA) is 52.7 Å². The second-order valence-electron chi connectivity index (χ2n) is 7.78. The number of nitrogens with one attached hydrogen (secondary N) is 1. The molecule has 148 valence electrons. The van der Waals surface area contributed by atoms with Gasteiger partial charge in [-0.15, -0.1) is 0 Å². The summed E-state index contributed by atoms with van der Waals surface area (Å²) in [6.07, 6.45) is -3.41. The number of piperidine rings is 1. The van der Waals surface area contributed by atoms with Crippen molar-refractivity contribution in [2.75, 3.05) is 29.9 Å². The Labute approximate surface area is 156 Å². The smallest absolute Gasteiger partial charge is 0.323 e. The van der Waals surface area contributed by atoms with E-state index in [0.717, 1.165) is 31.6 Å². The summed E-state index contributed by atoms with van der Waals surface area (Å²) in [4.78, 5) is 28.5. The molecular weight excluding hydrogens is 359 g/mol. The average Bonchev–Trinajstić information content (AvgIpc) is 2.57. The van der Waals surface area contributed by atoms with Gasteiger partial charge in [0.15, 0.2) is 0 Å². The van der Waals surface area contributed by atoms with E-state index in [1.807, 2.05) is 0 Å². The van der Waals surface area contributed by atoms with Crippen LogP contribution in [0.1, 0.15) is 32.8 Å². The number of alkyl halides is 3. The molecule has 0 bridgehead atoms. The summed E-state index contributed by atoms with van der Waals surface area (Å²) in [5.41, 5.74) is -0.540. The third-order valence-electron chi connectivity index (χ3n) is 5.26. The zero-order valence-corrected chi connectivity index (χ0v) is 15.6. The van der Waals surface area contributed by atoms with Crippen molar-refractivity contribution in [3.05, 3.63) is 23.8 Å². The van der Waals surface area contributed by atoms with Gasteiger partial charge in [0, 0.05) is 13.1 Å². The van der Waals surface area contributed by atoms with Crippen molar-refractivity contribution in [1.29, 1.82) is 0 Å². The van der Waals surface area contributed by atoms with Crippen molar-refractivity contribution < 1.29 is 22.8 Å². The summed E-state index contributed by atoms with van der Waals surface area (Å²) >= 11 is 0. The van der Waals surface area contributed by atoms with Crippen LogP contribution in [-0.4, -0.2) is 42.4 Å². The molecule has 2 aliphatic rings. The highest BCUT2D eigenvalue weighted by atomic mass is 19.4. The number of carbonyl (C=O) groups excluding carboxylic acids is 2. The van der Waals surface area contributed by atoms with E-state index in [2.05, 4.69) is 24.1 Å². The molecule has 3 atom stereocenters. The van der Waals surface area contributed by atoms with Gasteiger partial charge in [-0.2, -0.15) is 13.2 Å². The predicted molar refractivity (Wildman–Crippen MR) is 96.4 cm³/mol. The van der Waals surface area contributed by atoms with E-state index in [-0.39, 0.29) is 18.1 Å². The van der Waals surface area contributed by atoms with Crippen LogP contribution in [0.2, 0.25) is 0 Å². The van der Waals surface area contributed by atoms with Gasteiger partial charge >= 0.3 is 6.18 Å². The number of nitrogens with zero attached hydrogens (tertiary/aromatic N) is 2. The summed E-state index contributed by atoms with van der Waals surface area (Å²) in [5, 5.41) is 2.44. The molecule has 0 saturated carbocycles. The van der Waals surface area contributed by atoms with E-state index in [1.165, 1.54) is 11.0 Å². The van der Waals surface area contributed by atoms with Crippen LogP contribution in [0.25, 0.3) is 0 Å². The Kier molecular flexibility index (Phi) is 5.20. The van der Waals surface area contributed by atoms with Crippen LogP contribution in [0.4, 0.5) is 24.5 Å². The molecule has 1 aromatic rings.